The van der Waals surface area contributed by atoms with Gasteiger partial charge in [0.2, 0.25) is 11.8 Å². The summed E-state index contributed by atoms with van der Waals surface area (Å²) in [6.07, 6.45) is 6.69. The van der Waals surface area contributed by atoms with E-state index >= 15 is 0 Å². The predicted octanol–water partition coefficient (Wildman–Crippen LogP) is 2.48. The predicted molar refractivity (Wildman–Crippen MR) is 92.1 cm³/mol. The fraction of sp³-hybridized carbons (Fsp3) is 0.556. The third kappa shape index (κ3) is 4.47. The van der Waals surface area contributed by atoms with Gasteiger partial charge in [-0.25, -0.2) is 0 Å². The highest BCUT2D eigenvalue weighted by molar-refractivity contribution is 5.95. The SMILES string of the molecule is CCCNC(=O)[C@@H](C)NC(=O)/C=C/c1cc(C)n(C2CC2)c1C. The molecular formula is C18H27N3O2. The molecule has 0 saturated heterocycles. The number of nitrogens with one attached hydrogen (secondary N) is 2. The van der Waals surface area contributed by atoms with Gasteiger partial charge in [0.05, 0.1) is 0 Å². The minimum absolute atomic E-state index is 0.152. The maximum Gasteiger partial charge on any atom is 0.244 e. The van der Waals surface area contributed by atoms with E-state index in [2.05, 4.69) is 35.1 Å². The molecule has 1 aliphatic carbocycles. The molecule has 1 aromatic heterocycles. The fourth-order valence-electron chi connectivity index (χ4n) is 2.76. The zero-order valence-electron chi connectivity index (χ0n) is 14.5. The van der Waals surface area contributed by atoms with Crippen LogP contribution in [0.3, 0.4) is 0 Å². The van der Waals surface area contributed by atoms with Crippen LogP contribution in [0, 0.1) is 13.8 Å². The van der Waals surface area contributed by atoms with E-state index in [0.29, 0.717) is 12.6 Å². The summed E-state index contributed by atoms with van der Waals surface area (Å²) in [4.78, 5) is 23.7. The summed E-state index contributed by atoms with van der Waals surface area (Å²) in [6.45, 7) is 8.49. The third-order valence-corrected chi connectivity index (χ3v) is 4.15. The van der Waals surface area contributed by atoms with Crippen LogP contribution in [0.2, 0.25) is 0 Å². The van der Waals surface area contributed by atoms with Crippen molar-refractivity contribution in [2.45, 2.75) is 59.0 Å². The highest BCUT2D eigenvalue weighted by atomic mass is 16.2. The van der Waals surface area contributed by atoms with Gasteiger partial charge < -0.3 is 15.2 Å². The lowest BCUT2D eigenvalue weighted by molar-refractivity contribution is -0.126. The largest absolute Gasteiger partial charge is 0.354 e. The van der Waals surface area contributed by atoms with Crippen LogP contribution in [0.25, 0.3) is 6.08 Å². The molecule has 0 bridgehead atoms. The lowest BCUT2D eigenvalue weighted by Gasteiger charge is -2.12. The molecule has 5 heteroatoms. The van der Waals surface area contributed by atoms with Gasteiger partial charge in [-0.1, -0.05) is 6.92 Å². The van der Waals surface area contributed by atoms with E-state index in [-0.39, 0.29) is 11.8 Å². The Balaban J connectivity index is 1.93. The third-order valence-electron chi connectivity index (χ3n) is 4.15. The average molecular weight is 317 g/mol. The molecule has 2 rings (SSSR count). The molecular weight excluding hydrogens is 290 g/mol. The van der Waals surface area contributed by atoms with Crippen LogP contribution in [0.5, 0.6) is 0 Å². The van der Waals surface area contributed by atoms with Crippen molar-refractivity contribution in [2.24, 2.45) is 0 Å². The van der Waals surface area contributed by atoms with Crippen LogP contribution in [0.15, 0.2) is 12.1 Å². The molecule has 0 spiro atoms. The van der Waals surface area contributed by atoms with E-state index in [4.69, 9.17) is 0 Å². The molecule has 1 heterocycles. The summed E-state index contributed by atoms with van der Waals surface area (Å²) in [5, 5.41) is 5.46. The zero-order chi connectivity index (χ0) is 17.0. The van der Waals surface area contributed by atoms with Crippen molar-refractivity contribution < 1.29 is 9.59 Å². The minimum Gasteiger partial charge on any atom is -0.354 e. The van der Waals surface area contributed by atoms with Crippen molar-refractivity contribution in [3.8, 4) is 0 Å². The second kappa shape index (κ2) is 7.49. The number of carbonyl (C=O) groups is 2. The van der Waals surface area contributed by atoms with Crippen LogP contribution < -0.4 is 10.6 Å². The number of carbonyl (C=O) groups excluding carboxylic acids is 2. The van der Waals surface area contributed by atoms with E-state index in [9.17, 15) is 9.59 Å². The smallest absolute Gasteiger partial charge is 0.244 e. The minimum atomic E-state index is -0.530. The maximum absolute atomic E-state index is 12.0. The van der Waals surface area contributed by atoms with Gasteiger partial charge in [-0.05, 0) is 57.7 Å². The quantitative estimate of drug-likeness (QED) is 0.759. The Labute approximate surface area is 138 Å². The van der Waals surface area contributed by atoms with E-state index in [1.165, 1.54) is 30.3 Å². The molecule has 23 heavy (non-hydrogen) atoms. The van der Waals surface area contributed by atoms with Gasteiger partial charge in [-0.2, -0.15) is 0 Å². The first-order valence-corrected chi connectivity index (χ1v) is 8.38. The molecule has 2 amide bonds. The summed E-state index contributed by atoms with van der Waals surface area (Å²) in [6, 6.07) is 2.21. The molecule has 2 N–H and O–H groups in total. The van der Waals surface area contributed by atoms with Crippen molar-refractivity contribution in [1.29, 1.82) is 0 Å². The first-order chi connectivity index (χ1) is 10.9. The molecule has 1 fully saturated rings. The summed E-state index contributed by atoms with van der Waals surface area (Å²) in [5.41, 5.74) is 3.49. The fourth-order valence-corrected chi connectivity index (χ4v) is 2.76. The molecule has 1 atom stereocenters. The molecule has 1 aromatic rings. The van der Waals surface area contributed by atoms with Crippen LogP contribution in [0.1, 0.15) is 56.1 Å². The normalized spacial score (nSPS) is 15.7. The summed E-state index contributed by atoms with van der Waals surface area (Å²) >= 11 is 0. The summed E-state index contributed by atoms with van der Waals surface area (Å²) in [5.74, 6) is -0.402. The second-order valence-corrected chi connectivity index (χ2v) is 6.28. The number of aromatic nitrogens is 1. The van der Waals surface area contributed by atoms with E-state index in [1.54, 1.807) is 6.92 Å². The first kappa shape index (κ1) is 17.3. The standard InChI is InChI=1S/C18H27N3O2/c1-5-10-19-18(23)13(3)20-17(22)9-6-15-11-12(2)21(14(15)4)16-7-8-16/h6,9,11,13,16H,5,7-8,10H2,1-4H3,(H,19,23)(H,20,22)/b9-6+/t13-/m1/s1. The number of hydrogen-bond acceptors (Lipinski definition) is 2. The lowest BCUT2D eigenvalue weighted by Crippen LogP contribution is -2.44. The van der Waals surface area contributed by atoms with Crippen LogP contribution in [-0.4, -0.2) is 29.0 Å². The van der Waals surface area contributed by atoms with Crippen molar-refractivity contribution in [1.82, 2.24) is 15.2 Å². The van der Waals surface area contributed by atoms with Crippen molar-refractivity contribution in [3.05, 3.63) is 29.1 Å². The van der Waals surface area contributed by atoms with Crippen molar-refractivity contribution in [3.63, 3.8) is 0 Å². The Hall–Kier alpha value is -2.04. The first-order valence-electron chi connectivity index (χ1n) is 8.38. The Morgan fingerprint density at radius 1 is 1.39 bits per heavy atom. The van der Waals surface area contributed by atoms with Gasteiger partial charge >= 0.3 is 0 Å². The molecule has 1 saturated carbocycles. The molecule has 0 radical (unpaired) electrons. The Morgan fingerprint density at radius 3 is 2.70 bits per heavy atom. The highest BCUT2D eigenvalue weighted by Gasteiger charge is 2.26. The van der Waals surface area contributed by atoms with Gasteiger partial charge in [0.15, 0.2) is 0 Å². The molecule has 0 unspecified atom stereocenters. The van der Waals surface area contributed by atoms with Crippen molar-refractivity contribution >= 4 is 17.9 Å². The zero-order valence-corrected chi connectivity index (χ0v) is 14.5. The van der Waals surface area contributed by atoms with E-state index in [1.807, 2.05) is 13.0 Å². The lowest BCUT2D eigenvalue weighted by atomic mass is 10.2. The van der Waals surface area contributed by atoms with Crippen molar-refractivity contribution in [2.75, 3.05) is 6.54 Å². The van der Waals surface area contributed by atoms with E-state index in [0.717, 1.165) is 12.0 Å². The van der Waals surface area contributed by atoms with Crippen LogP contribution in [0.4, 0.5) is 0 Å². The van der Waals surface area contributed by atoms with Crippen LogP contribution in [-0.2, 0) is 9.59 Å². The molecule has 0 aromatic carbocycles. The summed E-state index contributed by atoms with van der Waals surface area (Å²) in [7, 11) is 0. The van der Waals surface area contributed by atoms with Gasteiger partial charge in [-0.3, -0.25) is 9.59 Å². The summed E-state index contributed by atoms with van der Waals surface area (Å²) < 4.78 is 2.35. The number of aryl methyl sites for hydroxylation is 1. The second-order valence-electron chi connectivity index (χ2n) is 6.28. The van der Waals surface area contributed by atoms with E-state index < -0.39 is 6.04 Å². The molecule has 126 valence electrons. The Bertz CT molecular complexity index is 612. The molecule has 0 aliphatic heterocycles. The van der Waals surface area contributed by atoms with Gasteiger partial charge in [0.1, 0.15) is 6.04 Å². The van der Waals surface area contributed by atoms with Gasteiger partial charge in [0.25, 0.3) is 0 Å². The number of nitrogens with zero attached hydrogens (tertiary/aromatic N) is 1. The average Bonchev–Trinajstić information content (AvgIpc) is 3.29. The Kier molecular flexibility index (Phi) is 5.64. The monoisotopic (exact) mass is 317 g/mol. The van der Waals surface area contributed by atoms with Gasteiger partial charge in [0, 0.05) is 30.1 Å². The number of hydrogen-bond donors (Lipinski definition) is 2. The molecule has 5 nitrogen and oxygen atoms in total. The number of rotatable bonds is 7. The van der Waals surface area contributed by atoms with Crippen LogP contribution >= 0.6 is 0 Å². The number of amides is 2. The Morgan fingerprint density at radius 2 is 2.09 bits per heavy atom. The highest BCUT2D eigenvalue weighted by Crippen LogP contribution is 2.38. The maximum atomic E-state index is 12.0. The van der Waals surface area contributed by atoms with Gasteiger partial charge in [-0.15, -0.1) is 0 Å². The molecule has 1 aliphatic rings. The topological polar surface area (TPSA) is 63.1 Å².